The van der Waals surface area contributed by atoms with Crippen LogP contribution in [0.1, 0.15) is 13.8 Å². The summed E-state index contributed by atoms with van der Waals surface area (Å²) in [6, 6.07) is -0.0463. The summed E-state index contributed by atoms with van der Waals surface area (Å²) in [5.41, 5.74) is 5.53. The molecule has 0 aromatic heterocycles. The van der Waals surface area contributed by atoms with E-state index < -0.39 is 0 Å². The third-order valence-corrected chi connectivity index (χ3v) is 2.07. The number of amides is 1. The fourth-order valence-electron chi connectivity index (χ4n) is 1.36. The van der Waals surface area contributed by atoms with E-state index in [2.05, 4.69) is 0 Å². The molecule has 1 unspecified atom stereocenters. The lowest BCUT2D eigenvalue weighted by atomic mass is 10.2. The minimum Gasteiger partial charge on any atom is -0.447 e. The molecule has 1 rings (SSSR count). The number of hydrogen-bond donors (Lipinski definition) is 1. The molecule has 1 fully saturated rings. The van der Waals surface area contributed by atoms with E-state index in [-0.39, 0.29) is 18.2 Å². The summed E-state index contributed by atoms with van der Waals surface area (Å²) in [5, 5.41) is 0. The molecular formula is C9H18N2O3. The molecule has 1 amide bonds. The van der Waals surface area contributed by atoms with Crippen molar-refractivity contribution in [3.05, 3.63) is 0 Å². The Kier molecular flexibility index (Phi) is 4.16. The molecule has 5 nitrogen and oxygen atoms in total. The first-order valence-corrected chi connectivity index (χ1v) is 4.90. The molecule has 0 aromatic rings. The predicted octanol–water partition coefficient (Wildman–Crippen LogP) is 0.191. The molecule has 14 heavy (non-hydrogen) atoms. The summed E-state index contributed by atoms with van der Waals surface area (Å²) >= 11 is 0. The maximum atomic E-state index is 11.6. The van der Waals surface area contributed by atoms with Gasteiger partial charge in [0.2, 0.25) is 0 Å². The SMILES string of the molecule is CC(C)OC(=O)N1CCOCC1CN. The van der Waals surface area contributed by atoms with Crippen LogP contribution in [0, 0.1) is 0 Å². The Balaban J connectivity index is 2.50. The van der Waals surface area contributed by atoms with Crippen LogP contribution in [0.2, 0.25) is 0 Å². The number of nitrogens with zero attached hydrogens (tertiary/aromatic N) is 1. The van der Waals surface area contributed by atoms with Gasteiger partial charge < -0.3 is 15.2 Å². The highest BCUT2D eigenvalue weighted by Gasteiger charge is 2.27. The molecule has 0 radical (unpaired) electrons. The van der Waals surface area contributed by atoms with Gasteiger partial charge in [-0.2, -0.15) is 0 Å². The number of carbonyl (C=O) groups is 1. The van der Waals surface area contributed by atoms with E-state index in [1.54, 1.807) is 4.90 Å². The highest BCUT2D eigenvalue weighted by atomic mass is 16.6. The normalized spacial score (nSPS) is 22.6. The molecule has 1 saturated heterocycles. The van der Waals surface area contributed by atoms with Gasteiger partial charge in [0.1, 0.15) is 0 Å². The predicted molar refractivity (Wildman–Crippen MR) is 52.0 cm³/mol. The minimum absolute atomic E-state index is 0.0463. The molecule has 0 saturated carbocycles. The molecule has 2 N–H and O–H groups in total. The van der Waals surface area contributed by atoms with E-state index in [1.807, 2.05) is 13.8 Å². The molecule has 0 aromatic carbocycles. The summed E-state index contributed by atoms with van der Waals surface area (Å²) in [5.74, 6) is 0. The fourth-order valence-corrected chi connectivity index (χ4v) is 1.36. The molecule has 1 aliphatic heterocycles. The van der Waals surface area contributed by atoms with Gasteiger partial charge in [0.05, 0.1) is 25.4 Å². The second-order valence-electron chi connectivity index (χ2n) is 3.59. The van der Waals surface area contributed by atoms with Crippen LogP contribution in [-0.4, -0.2) is 49.4 Å². The number of rotatable bonds is 2. The van der Waals surface area contributed by atoms with Gasteiger partial charge in [0.25, 0.3) is 0 Å². The van der Waals surface area contributed by atoms with Crippen molar-refractivity contribution in [2.75, 3.05) is 26.3 Å². The third-order valence-electron chi connectivity index (χ3n) is 2.07. The van der Waals surface area contributed by atoms with Crippen molar-refractivity contribution < 1.29 is 14.3 Å². The topological polar surface area (TPSA) is 64.8 Å². The van der Waals surface area contributed by atoms with E-state index in [0.29, 0.717) is 26.3 Å². The number of ether oxygens (including phenoxy) is 2. The van der Waals surface area contributed by atoms with Crippen molar-refractivity contribution >= 4 is 6.09 Å². The molecule has 1 aliphatic rings. The van der Waals surface area contributed by atoms with Crippen molar-refractivity contribution in [1.82, 2.24) is 4.90 Å². The van der Waals surface area contributed by atoms with Gasteiger partial charge >= 0.3 is 6.09 Å². The zero-order valence-electron chi connectivity index (χ0n) is 8.73. The number of carbonyl (C=O) groups excluding carboxylic acids is 1. The van der Waals surface area contributed by atoms with Gasteiger partial charge in [-0.1, -0.05) is 0 Å². The highest BCUT2D eigenvalue weighted by Crippen LogP contribution is 2.08. The summed E-state index contributed by atoms with van der Waals surface area (Å²) in [4.78, 5) is 13.2. The average molecular weight is 202 g/mol. The molecule has 1 heterocycles. The zero-order valence-corrected chi connectivity index (χ0v) is 8.73. The van der Waals surface area contributed by atoms with Crippen LogP contribution >= 0.6 is 0 Å². The van der Waals surface area contributed by atoms with E-state index >= 15 is 0 Å². The van der Waals surface area contributed by atoms with Crippen LogP contribution in [0.3, 0.4) is 0 Å². The van der Waals surface area contributed by atoms with Crippen LogP contribution in [0.15, 0.2) is 0 Å². The molecule has 82 valence electrons. The van der Waals surface area contributed by atoms with Crippen LogP contribution in [0.5, 0.6) is 0 Å². The summed E-state index contributed by atoms with van der Waals surface area (Å²) in [7, 11) is 0. The Morgan fingerprint density at radius 1 is 1.71 bits per heavy atom. The summed E-state index contributed by atoms with van der Waals surface area (Å²) in [6.07, 6.45) is -0.387. The average Bonchev–Trinajstić information content (AvgIpc) is 2.16. The van der Waals surface area contributed by atoms with Gasteiger partial charge in [-0.3, -0.25) is 4.90 Å². The first kappa shape index (κ1) is 11.3. The third kappa shape index (κ3) is 2.85. The molecule has 1 atom stereocenters. The largest absolute Gasteiger partial charge is 0.447 e. The summed E-state index contributed by atoms with van der Waals surface area (Å²) < 4.78 is 10.3. The van der Waals surface area contributed by atoms with Crippen LogP contribution < -0.4 is 5.73 Å². The standard InChI is InChI=1S/C9H18N2O3/c1-7(2)14-9(12)11-3-4-13-6-8(11)5-10/h7-8H,3-6,10H2,1-2H3. The lowest BCUT2D eigenvalue weighted by Crippen LogP contribution is -2.52. The highest BCUT2D eigenvalue weighted by molar-refractivity contribution is 5.68. The number of hydrogen-bond acceptors (Lipinski definition) is 4. The Hall–Kier alpha value is -0.810. The van der Waals surface area contributed by atoms with Gasteiger partial charge in [0.15, 0.2) is 0 Å². The quantitative estimate of drug-likeness (QED) is 0.694. The number of morpholine rings is 1. The molecule has 5 heteroatoms. The fraction of sp³-hybridized carbons (Fsp3) is 0.889. The van der Waals surface area contributed by atoms with E-state index in [9.17, 15) is 4.79 Å². The van der Waals surface area contributed by atoms with Gasteiger partial charge in [-0.25, -0.2) is 4.79 Å². The van der Waals surface area contributed by atoms with Crippen LogP contribution in [0.4, 0.5) is 4.79 Å². The minimum atomic E-state index is -0.293. The van der Waals surface area contributed by atoms with Gasteiger partial charge in [-0.05, 0) is 13.8 Å². The smallest absolute Gasteiger partial charge is 0.410 e. The second-order valence-corrected chi connectivity index (χ2v) is 3.59. The summed E-state index contributed by atoms with van der Waals surface area (Å²) in [6.45, 7) is 5.69. The first-order chi connectivity index (χ1) is 6.65. The van der Waals surface area contributed by atoms with Crippen LogP contribution in [-0.2, 0) is 9.47 Å². The van der Waals surface area contributed by atoms with Crippen molar-refractivity contribution in [1.29, 1.82) is 0 Å². The van der Waals surface area contributed by atoms with Crippen molar-refractivity contribution in [2.45, 2.75) is 26.0 Å². The lowest BCUT2D eigenvalue weighted by Gasteiger charge is -2.34. The van der Waals surface area contributed by atoms with Gasteiger partial charge in [-0.15, -0.1) is 0 Å². The Labute approximate surface area is 84.1 Å². The van der Waals surface area contributed by atoms with E-state index in [1.165, 1.54) is 0 Å². The van der Waals surface area contributed by atoms with Crippen molar-refractivity contribution in [3.63, 3.8) is 0 Å². The molecular weight excluding hydrogens is 184 g/mol. The maximum absolute atomic E-state index is 11.6. The van der Waals surface area contributed by atoms with Crippen molar-refractivity contribution in [3.8, 4) is 0 Å². The Morgan fingerprint density at radius 2 is 2.43 bits per heavy atom. The van der Waals surface area contributed by atoms with Crippen LogP contribution in [0.25, 0.3) is 0 Å². The first-order valence-electron chi connectivity index (χ1n) is 4.90. The second kappa shape index (κ2) is 5.17. The van der Waals surface area contributed by atoms with Crippen molar-refractivity contribution in [2.24, 2.45) is 5.73 Å². The maximum Gasteiger partial charge on any atom is 0.410 e. The monoisotopic (exact) mass is 202 g/mol. The van der Waals surface area contributed by atoms with E-state index in [4.69, 9.17) is 15.2 Å². The zero-order chi connectivity index (χ0) is 10.6. The van der Waals surface area contributed by atoms with E-state index in [0.717, 1.165) is 0 Å². The lowest BCUT2D eigenvalue weighted by molar-refractivity contribution is -0.0125. The molecule has 0 bridgehead atoms. The Bertz CT molecular complexity index is 196. The number of nitrogens with two attached hydrogens (primary N) is 1. The van der Waals surface area contributed by atoms with Gasteiger partial charge in [0, 0.05) is 13.1 Å². The Morgan fingerprint density at radius 3 is 3.00 bits per heavy atom. The molecule has 0 aliphatic carbocycles. The molecule has 0 spiro atoms.